The molecule has 0 aliphatic rings. The number of nitrogen functional groups attached to an aromatic ring is 1. The fourth-order valence-electron chi connectivity index (χ4n) is 2.68. The van der Waals surface area contributed by atoms with Crippen molar-refractivity contribution in [2.24, 2.45) is 0 Å². The maximum atomic E-state index is 12.3. The number of furan rings is 1. The normalized spacial score (nSPS) is 10.9. The second-order valence-corrected chi connectivity index (χ2v) is 5.71. The van der Waals surface area contributed by atoms with Crippen molar-refractivity contribution in [3.05, 3.63) is 60.5 Å². The van der Waals surface area contributed by atoms with Crippen molar-refractivity contribution in [1.29, 1.82) is 0 Å². The summed E-state index contributed by atoms with van der Waals surface area (Å²) in [7, 11) is 0. The van der Waals surface area contributed by atoms with Gasteiger partial charge in [0.15, 0.2) is 11.4 Å². The van der Waals surface area contributed by atoms with E-state index in [1.54, 1.807) is 24.6 Å². The van der Waals surface area contributed by atoms with E-state index in [1.165, 1.54) is 4.68 Å². The topological polar surface area (TPSA) is 112 Å². The summed E-state index contributed by atoms with van der Waals surface area (Å²) in [5, 5.41) is 7.80. The van der Waals surface area contributed by atoms with Crippen LogP contribution in [0.25, 0.3) is 22.5 Å². The van der Waals surface area contributed by atoms with Crippen LogP contribution in [0.1, 0.15) is 5.56 Å². The number of fused-ring (bicyclic) bond motifs is 1. The first-order chi connectivity index (χ1) is 12.7. The van der Waals surface area contributed by atoms with Gasteiger partial charge in [0.1, 0.15) is 12.2 Å². The molecule has 3 heterocycles. The van der Waals surface area contributed by atoms with Crippen LogP contribution in [0.2, 0.25) is 0 Å². The number of carbonyl (C=O) groups excluding carboxylic acids is 1. The predicted octanol–water partition coefficient (Wildman–Crippen LogP) is 1.98. The molecule has 130 valence electrons. The van der Waals surface area contributed by atoms with E-state index in [2.05, 4.69) is 20.4 Å². The third kappa shape index (κ3) is 3.12. The average molecular weight is 348 g/mol. The summed E-state index contributed by atoms with van der Waals surface area (Å²) in [6.07, 6.45) is 3.16. The van der Waals surface area contributed by atoms with Gasteiger partial charge in [0.05, 0.1) is 17.8 Å². The average Bonchev–Trinajstić information content (AvgIpc) is 3.31. The highest BCUT2D eigenvalue weighted by atomic mass is 16.3. The molecule has 0 saturated carbocycles. The van der Waals surface area contributed by atoms with E-state index in [-0.39, 0.29) is 18.4 Å². The number of benzene rings is 1. The first-order valence-electron chi connectivity index (χ1n) is 8.04. The second kappa shape index (κ2) is 6.67. The fourth-order valence-corrected chi connectivity index (χ4v) is 2.68. The number of hydrogen-bond donors (Lipinski definition) is 2. The summed E-state index contributed by atoms with van der Waals surface area (Å²) in [4.78, 5) is 20.7. The Balaban J connectivity index is 1.56. The van der Waals surface area contributed by atoms with E-state index >= 15 is 0 Å². The van der Waals surface area contributed by atoms with E-state index in [1.807, 2.05) is 30.3 Å². The molecule has 0 fully saturated rings. The second-order valence-electron chi connectivity index (χ2n) is 5.71. The van der Waals surface area contributed by atoms with Crippen LogP contribution in [-0.2, 0) is 17.9 Å². The minimum atomic E-state index is -0.171. The molecule has 3 aromatic heterocycles. The predicted molar refractivity (Wildman–Crippen MR) is 95.7 cm³/mol. The Morgan fingerprint density at radius 3 is 2.77 bits per heavy atom. The summed E-state index contributed by atoms with van der Waals surface area (Å²) in [5.74, 6) is 0.489. The zero-order valence-corrected chi connectivity index (χ0v) is 13.8. The van der Waals surface area contributed by atoms with Crippen molar-refractivity contribution >= 4 is 22.9 Å². The molecule has 0 unspecified atom stereocenters. The summed E-state index contributed by atoms with van der Waals surface area (Å²) in [6.45, 7) is 0.484. The molecule has 26 heavy (non-hydrogen) atoms. The van der Waals surface area contributed by atoms with E-state index < -0.39 is 0 Å². The molecular formula is C18H16N6O2. The lowest BCUT2D eigenvalue weighted by Crippen LogP contribution is -2.27. The van der Waals surface area contributed by atoms with Crippen molar-refractivity contribution in [2.75, 3.05) is 5.73 Å². The molecule has 1 amide bonds. The quantitative estimate of drug-likeness (QED) is 0.570. The van der Waals surface area contributed by atoms with E-state index in [4.69, 9.17) is 10.2 Å². The Bertz CT molecular complexity index is 1040. The largest absolute Gasteiger partial charge is 0.463 e. The third-order valence-electron chi connectivity index (χ3n) is 3.89. The summed E-state index contributed by atoms with van der Waals surface area (Å²) in [5.41, 5.74) is 7.88. The van der Waals surface area contributed by atoms with Crippen LogP contribution >= 0.6 is 0 Å². The van der Waals surface area contributed by atoms with Crippen LogP contribution in [0.5, 0.6) is 0 Å². The van der Waals surface area contributed by atoms with Crippen LogP contribution in [0.3, 0.4) is 0 Å². The first kappa shape index (κ1) is 15.8. The number of nitrogens with two attached hydrogens (primary N) is 1. The van der Waals surface area contributed by atoms with Crippen molar-refractivity contribution in [3.8, 4) is 11.5 Å². The number of amides is 1. The lowest BCUT2D eigenvalue weighted by atomic mass is 10.2. The van der Waals surface area contributed by atoms with Crippen LogP contribution < -0.4 is 11.1 Å². The van der Waals surface area contributed by atoms with Gasteiger partial charge in [-0.1, -0.05) is 30.3 Å². The zero-order chi connectivity index (χ0) is 17.9. The highest BCUT2D eigenvalue weighted by Gasteiger charge is 2.16. The Kier molecular flexibility index (Phi) is 4.06. The van der Waals surface area contributed by atoms with Gasteiger partial charge in [0.2, 0.25) is 11.9 Å². The van der Waals surface area contributed by atoms with E-state index in [9.17, 15) is 4.79 Å². The van der Waals surface area contributed by atoms with Crippen LogP contribution in [0, 0.1) is 0 Å². The van der Waals surface area contributed by atoms with Crippen molar-refractivity contribution < 1.29 is 9.21 Å². The van der Waals surface area contributed by atoms with Gasteiger partial charge in [-0.25, -0.2) is 9.67 Å². The maximum absolute atomic E-state index is 12.3. The molecule has 3 N–H and O–H groups in total. The molecule has 0 spiro atoms. The molecule has 8 nitrogen and oxygen atoms in total. The summed E-state index contributed by atoms with van der Waals surface area (Å²) >= 11 is 0. The van der Waals surface area contributed by atoms with Gasteiger partial charge in [-0.05, 0) is 17.7 Å². The minimum absolute atomic E-state index is 0.0321. The third-order valence-corrected chi connectivity index (χ3v) is 3.89. The number of rotatable bonds is 5. The molecule has 0 radical (unpaired) electrons. The molecule has 4 aromatic rings. The number of nitrogens with one attached hydrogen (secondary N) is 1. The molecule has 0 atom stereocenters. The Labute approximate surface area is 148 Å². The van der Waals surface area contributed by atoms with Gasteiger partial charge in [0.25, 0.3) is 0 Å². The Morgan fingerprint density at radius 1 is 1.15 bits per heavy atom. The summed E-state index contributed by atoms with van der Waals surface area (Å²) < 4.78 is 6.90. The monoisotopic (exact) mass is 348 g/mol. The zero-order valence-electron chi connectivity index (χ0n) is 13.8. The van der Waals surface area contributed by atoms with Crippen molar-refractivity contribution in [2.45, 2.75) is 13.1 Å². The van der Waals surface area contributed by atoms with Crippen LogP contribution in [0.4, 0.5) is 5.95 Å². The number of nitrogens with zero attached hydrogens (tertiary/aromatic N) is 4. The lowest BCUT2D eigenvalue weighted by Gasteiger charge is -2.07. The van der Waals surface area contributed by atoms with E-state index in [0.717, 1.165) is 5.56 Å². The smallest absolute Gasteiger partial charge is 0.242 e. The molecule has 0 saturated heterocycles. The number of anilines is 1. The van der Waals surface area contributed by atoms with Crippen LogP contribution in [0.15, 0.2) is 59.3 Å². The molecule has 0 aliphatic heterocycles. The minimum Gasteiger partial charge on any atom is -0.463 e. The Morgan fingerprint density at radius 2 is 2.00 bits per heavy atom. The molecular weight excluding hydrogens is 332 g/mol. The number of hydrogen-bond acceptors (Lipinski definition) is 6. The van der Waals surface area contributed by atoms with Gasteiger partial charge in [-0.3, -0.25) is 4.79 Å². The van der Waals surface area contributed by atoms with E-state index in [0.29, 0.717) is 29.0 Å². The highest BCUT2D eigenvalue weighted by Crippen LogP contribution is 2.26. The molecule has 1 aromatic carbocycles. The highest BCUT2D eigenvalue weighted by molar-refractivity contribution is 5.90. The molecule has 4 rings (SSSR count). The van der Waals surface area contributed by atoms with Gasteiger partial charge in [-0.15, -0.1) is 0 Å². The molecule has 0 aliphatic carbocycles. The molecule has 0 bridgehead atoms. The van der Waals surface area contributed by atoms with Gasteiger partial charge in [-0.2, -0.15) is 10.1 Å². The van der Waals surface area contributed by atoms with Crippen LogP contribution in [-0.4, -0.2) is 25.7 Å². The number of carbonyl (C=O) groups is 1. The first-order valence-corrected chi connectivity index (χ1v) is 8.04. The number of aromatic nitrogens is 4. The van der Waals surface area contributed by atoms with Crippen molar-refractivity contribution in [1.82, 2.24) is 25.1 Å². The van der Waals surface area contributed by atoms with Gasteiger partial charge in [0, 0.05) is 6.54 Å². The fraction of sp³-hybridized carbons (Fsp3) is 0.111. The Hall–Kier alpha value is -3.68. The SMILES string of the molecule is Nc1nc(-c2ccco2)c2cnn(CC(=O)NCc3ccccc3)c2n1. The lowest BCUT2D eigenvalue weighted by molar-refractivity contribution is -0.121. The molecule has 8 heteroatoms. The standard InChI is InChI=1S/C18H16N6O2/c19-18-22-16(14-7-4-8-26-14)13-10-21-24(17(13)23-18)11-15(25)20-9-12-5-2-1-3-6-12/h1-8,10H,9,11H2,(H,20,25)(H2,19,22,23). The maximum Gasteiger partial charge on any atom is 0.242 e. The van der Waals surface area contributed by atoms with Crippen molar-refractivity contribution in [3.63, 3.8) is 0 Å². The van der Waals surface area contributed by atoms with Gasteiger partial charge < -0.3 is 15.5 Å². The summed E-state index contributed by atoms with van der Waals surface area (Å²) in [6, 6.07) is 13.2. The van der Waals surface area contributed by atoms with Gasteiger partial charge >= 0.3 is 0 Å².